The van der Waals surface area contributed by atoms with Gasteiger partial charge in [-0.3, -0.25) is 4.79 Å². The number of ether oxygens (including phenoxy) is 1. The largest absolute Gasteiger partial charge is 0.450 e. The summed E-state index contributed by atoms with van der Waals surface area (Å²) in [6, 6.07) is 6.55. The van der Waals surface area contributed by atoms with E-state index in [1.165, 1.54) is 11.0 Å². The lowest BCUT2D eigenvalue weighted by molar-refractivity contribution is -0.127. The third-order valence-corrected chi connectivity index (χ3v) is 4.63. The molecule has 1 saturated heterocycles. The number of nitrogens with one attached hydrogen (secondary N) is 2. The molecule has 9 heteroatoms. The monoisotopic (exact) mass is 407 g/mol. The second-order valence-electron chi connectivity index (χ2n) is 7.00. The van der Waals surface area contributed by atoms with Crippen LogP contribution in [0.3, 0.4) is 0 Å². The van der Waals surface area contributed by atoms with E-state index in [-0.39, 0.29) is 36.9 Å². The highest BCUT2D eigenvalue weighted by atomic mass is 19.1. The highest BCUT2D eigenvalue weighted by Gasteiger charge is 2.24. The van der Waals surface area contributed by atoms with Gasteiger partial charge in [-0.05, 0) is 25.8 Å². The number of likely N-dealkylation sites (N-methyl/N-ethyl adjacent to an activating group) is 1. The van der Waals surface area contributed by atoms with Gasteiger partial charge in [-0.25, -0.2) is 14.2 Å². The average molecular weight is 407 g/mol. The number of nitrogens with zero attached hydrogens (tertiary/aromatic N) is 3. The summed E-state index contributed by atoms with van der Waals surface area (Å²) in [5, 5.41) is 6.31. The Labute approximate surface area is 171 Å². The minimum Gasteiger partial charge on any atom is -0.450 e. The highest BCUT2D eigenvalue weighted by Crippen LogP contribution is 2.12. The third kappa shape index (κ3) is 7.24. The van der Waals surface area contributed by atoms with Gasteiger partial charge >= 0.3 is 6.09 Å². The number of likely N-dealkylation sites (tertiary alicyclic amines) is 1. The second kappa shape index (κ2) is 11.2. The van der Waals surface area contributed by atoms with E-state index in [0.717, 1.165) is 12.8 Å². The smallest absolute Gasteiger partial charge is 0.409 e. The van der Waals surface area contributed by atoms with Crippen molar-refractivity contribution in [2.45, 2.75) is 32.4 Å². The number of carbonyl (C=O) groups excluding carboxylic acids is 2. The van der Waals surface area contributed by atoms with E-state index in [1.807, 2.05) is 0 Å². The average Bonchev–Trinajstić information content (AvgIpc) is 2.71. The van der Waals surface area contributed by atoms with Crippen LogP contribution in [0.25, 0.3) is 0 Å². The number of rotatable bonds is 6. The lowest BCUT2D eigenvalue weighted by Gasteiger charge is -2.32. The lowest BCUT2D eigenvalue weighted by Crippen LogP contribution is -2.51. The van der Waals surface area contributed by atoms with E-state index in [0.29, 0.717) is 31.2 Å². The maximum Gasteiger partial charge on any atom is 0.409 e. The Morgan fingerprint density at radius 2 is 1.97 bits per heavy atom. The number of hydrogen-bond donors (Lipinski definition) is 2. The number of hydrogen-bond acceptors (Lipinski definition) is 4. The summed E-state index contributed by atoms with van der Waals surface area (Å²) < 4.78 is 18.9. The summed E-state index contributed by atoms with van der Waals surface area (Å²) >= 11 is 0. The van der Waals surface area contributed by atoms with Gasteiger partial charge in [0, 0.05) is 38.8 Å². The maximum atomic E-state index is 13.9. The SMILES string of the molecule is CCOC(=O)N1CCC(NC(=NCc2ccccc2F)NCC(=O)N(C)C)CC1. The van der Waals surface area contributed by atoms with Crippen LogP contribution < -0.4 is 10.6 Å². The van der Waals surface area contributed by atoms with E-state index >= 15 is 0 Å². The summed E-state index contributed by atoms with van der Waals surface area (Å²) in [6.07, 6.45) is 1.15. The number of guanidine groups is 1. The molecule has 29 heavy (non-hydrogen) atoms. The van der Waals surface area contributed by atoms with Gasteiger partial charge < -0.3 is 25.2 Å². The van der Waals surface area contributed by atoms with Crippen molar-refractivity contribution in [1.82, 2.24) is 20.4 Å². The molecule has 0 radical (unpaired) electrons. The molecule has 1 aliphatic heterocycles. The Balaban J connectivity index is 1.98. The molecule has 0 spiro atoms. The van der Waals surface area contributed by atoms with Crippen LogP contribution in [0.2, 0.25) is 0 Å². The van der Waals surface area contributed by atoms with Crippen molar-refractivity contribution in [3.63, 3.8) is 0 Å². The first-order chi connectivity index (χ1) is 13.9. The molecule has 0 saturated carbocycles. The highest BCUT2D eigenvalue weighted by molar-refractivity contribution is 5.86. The normalized spacial score (nSPS) is 15.0. The zero-order valence-corrected chi connectivity index (χ0v) is 17.3. The number of carbonyl (C=O) groups is 2. The summed E-state index contributed by atoms with van der Waals surface area (Å²) in [7, 11) is 3.36. The quantitative estimate of drug-likeness (QED) is 0.552. The molecule has 1 aliphatic rings. The van der Waals surface area contributed by atoms with Crippen molar-refractivity contribution < 1.29 is 18.7 Å². The van der Waals surface area contributed by atoms with E-state index in [4.69, 9.17) is 4.74 Å². The second-order valence-corrected chi connectivity index (χ2v) is 7.00. The summed E-state index contributed by atoms with van der Waals surface area (Å²) in [4.78, 5) is 31.3. The topological polar surface area (TPSA) is 86.3 Å². The number of benzene rings is 1. The molecule has 0 aliphatic carbocycles. The first-order valence-electron chi connectivity index (χ1n) is 9.80. The van der Waals surface area contributed by atoms with Crippen molar-refractivity contribution in [2.75, 3.05) is 40.3 Å². The molecule has 1 aromatic carbocycles. The van der Waals surface area contributed by atoms with Gasteiger partial charge in [-0.15, -0.1) is 0 Å². The number of amides is 2. The Morgan fingerprint density at radius 3 is 2.59 bits per heavy atom. The van der Waals surface area contributed by atoms with E-state index in [1.54, 1.807) is 44.1 Å². The van der Waals surface area contributed by atoms with Crippen LogP contribution in [0.4, 0.5) is 9.18 Å². The molecule has 1 aromatic rings. The molecule has 8 nitrogen and oxygen atoms in total. The number of piperidine rings is 1. The first-order valence-corrected chi connectivity index (χ1v) is 9.80. The van der Waals surface area contributed by atoms with Gasteiger partial charge in [0.25, 0.3) is 0 Å². The Morgan fingerprint density at radius 1 is 1.28 bits per heavy atom. The molecule has 1 fully saturated rings. The molecule has 2 rings (SSSR count). The Bertz CT molecular complexity index is 718. The minimum atomic E-state index is -0.317. The van der Waals surface area contributed by atoms with Crippen LogP contribution in [-0.4, -0.2) is 74.1 Å². The molecule has 160 valence electrons. The fourth-order valence-electron chi connectivity index (χ4n) is 2.88. The maximum absolute atomic E-state index is 13.9. The zero-order chi connectivity index (χ0) is 21.2. The molecule has 0 bridgehead atoms. The van der Waals surface area contributed by atoms with Gasteiger partial charge in [-0.1, -0.05) is 18.2 Å². The fourth-order valence-corrected chi connectivity index (χ4v) is 2.88. The van der Waals surface area contributed by atoms with Crippen LogP contribution in [0, 0.1) is 5.82 Å². The van der Waals surface area contributed by atoms with Crippen LogP contribution in [0.1, 0.15) is 25.3 Å². The fraction of sp³-hybridized carbons (Fsp3) is 0.550. The first kappa shape index (κ1) is 22.4. The van der Waals surface area contributed by atoms with E-state index in [9.17, 15) is 14.0 Å². The van der Waals surface area contributed by atoms with E-state index < -0.39 is 0 Å². The molecule has 2 N–H and O–H groups in total. The summed E-state index contributed by atoms with van der Waals surface area (Å²) in [5.74, 6) is 0.0308. The van der Waals surface area contributed by atoms with Gasteiger partial charge in [-0.2, -0.15) is 0 Å². The van der Waals surface area contributed by atoms with E-state index in [2.05, 4.69) is 15.6 Å². The lowest BCUT2D eigenvalue weighted by atomic mass is 10.1. The predicted octanol–water partition coefficient (Wildman–Crippen LogP) is 1.57. The summed E-state index contributed by atoms with van der Waals surface area (Å²) in [5.41, 5.74) is 0.477. The molecule has 0 atom stereocenters. The molecule has 0 aromatic heterocycles. The summed E-state index contributed by atoms with van der Waals surface area (Å²) in [6.45, 7) is 3.53. The third-order valence-electron chi connectivity index (χ3n) is 4.63. The number of aliphatic imine (C=N–C) groups is 1. The molecular formula is C20H30FN5O3. The van der Waals surface area contributed by atoms with Crippen molar-refractivity contribution in [3.8, 4) is 0 Å². The van der Waals surface area contributed by atoms with Crippen molar-refractivity contribution >= 4 is 18.0 Å². The Kier molecular flexibility index (Phi) is 8.69. The van der Waals surface area contributed by atoms with Crippen LogP contribution >= 0.6 is 0 Å². The van der Waals surface area contributed by atoms with Crippen LogP contribution in [-0.2, 0) is 16.1 Å². The van der Waals surface area contributed by atoms with Crippen molar-refractivity contribution in [2.24, 2.45) is 4.99 Å². The molecule has 1 heterocycles. The molecule has 0 unspecified atom stereocenters. The standard InChI is InChI=1S/C20H30FN5O3/c1-4-29-20(28)26-11-9-16(10-12-26)24-19(23-14-18(27)25(2)3)22-13-15-7-5-6-8-17(15)21/h5-8,16H,4,9-14H2,1-3H3,(H2,22,23,24). The van der Waals surface area contributed by atoms with Gasteiger partial charge in [0.2, 0.25) is 5.91 Å². The van der Waals surface area contributed by atoms with Crippen LogP contribution in [0.5, 0.6) is 0 Å². The van der Waals surface area contributed by atoms with Crippen LogP contribution in [0.15, 0.2) is 29.3 Å². The Hall–Kier alpha value is -2.84. The minimum absolute atomic E-state index is 0.0811. The number of halogens is 1. The molecular weight excluding hydrogens is 377 g/mol. The van der Waals surface area contributed by atoms with Gasteiger partial charge in [0.05, 0.1) is 19.7 Å². The van der Waals surface area contributed by atoms with Gasteiger partial charge in [0.15, 0.2) is 5.96 Å². The van der Waals surface area contributed by atoms with Gasteiger partial charge in [0.1, 0.15) is 5.82 Å². The zero-order valence-electron chi connectivity index (χ0n) is 17.3. The molecule has 2 amide bonds. The van der Waals surface area contributed by atoms with Crippen molar-refractivity contribution in [3.05, 3.63) is 35.6 Å². The van der Waals surface area contributed by atoms with Crippen molar-refractivity contribution in [1.29, 1.82) is 0 Å². The predicted molar refractivity (Wildman–Crippen MR) is 109 cm³/mol.